The first-order chi connectivity index (χ1) is 6.09. The Hall–Kier alpha value is -0.570. The molecule has 0 bridgehead atoms. The molecule has 0 unspecified atom stereocenters. The largest absolute Gasteiger partial charge is 0.361 e. The lowest BCUT2D eigenvalue weighted by molar-refractivity contribution is 0.688. The molecule has 1 N–H and O–H groups in total. The first kappa shape index (κ1) is 10.5. The van der Waals surface area contributed by atoms with Crippen molar-refractivity contribution in [3.05, 3.63) is 11.1 Å². The highest BCUT2D eigenvalue weighted by Gasteiger charge is 2.04. The maximum Gasteiger partial charge on any atom is 0.182 e. The second-order valence-corrected chi connectivity index (χ2v) is 4.87. The highest BCUT2D eigenvalue weighted by Crippen LogP contribution is 2.21. The van der Waals surface area contributed by atoms with Crippen LogP contribution in [0.15, 0.2) is 5.38 Å². The number of hydrogen-bond donors (Lipinski definition) is 1. The van der Waals surface area contributed by atoms with Crippen LogP contribution in [0.4, 0.5) is 5.13 Å². The maximum absolute atomic E-state index is 4.49. The summed E-state index contributed by atoms with van der Waals surface area (Å²) in [4.78, 5) is 4.49. The van der Waals surface area contributed by atoms with Crippen LogP contribution < -0.4 is 5.32 Å². The van der Waals surface area contributed by atoms with Crippen molar-refractivity contribution >= 4 is 16.5 Å². The zero-order valence-corrected chi connectivity index (χ0v) is 9.61. The summed E-state index contributed by atoms with van der Waals surface area (Å²) in [6.07, 6.45) is 0. The van der Waals surface area contributed by atoms with E-state index >= 15 is 0 Å². The molecule has 1 rings (SSSR count). The van der Waals surface area contributed by atoms with E-state index in [-0.39, 0.29) is 0 Å². The molecule has 0 aromatic carbocycles. The van der Waals surface area contributed by atoms with Crippen molar-refractivity contribution in [2.75, 3.05) is 11.9 Å². The van der Waals surface area contributed by atoms with E-state index in [4.69, 9.17) is 0 Å². The highest BCUT2D eigenvalue weighted by molar-refractivity contribution is 7.13. The van der Waals surface area contributed by atoms with E-state index in [9.17, 15) is 0 Å². The molecular weight excluding hydrogens is 180 g/mol. The van der Waals surface area contributed by atoms with E-state index in [0.717, 1.165) is 11.7 Å². The van der Waals surface area contributed by atoms with Gasteiger partial charge in [0.15, 0.2) is 5.13 Å². The van der Waals surface area contributed by atoms with Crippen LogP contribution in [0.3, 0.4) is 0 Å². The molecule has 0 spiro atoms. The van der Waals surface area contributed by atoms with Gasteiger partial charge in [0, 0.05) is 11.9 Å². The first-order valence-corrected chi connectivity index (χ1v) is 5.67. The Labute approximate surface area is 84.4 Å². The molecule has 0 radical (unpaired) electrons. The molecule has 0 aliphatic rings. The minimum atomic E-state index is 0.533. The van der Waals surface area contributed by atoms with Crippen molar-refractivity contribution in [1.29, 1.82) is 0 Å². The molecule has 0 saturated heterocycles. The van der Waals surface area contributed by atoms with Gasteiger partial charge >= 0.3 is 0 Å². The fraction of sp³-hybridized carbons (Fsp3) is 0.700. The van der Waals surface area contributed by atoms with Gasteiger partial charge in [0.05, 0.1) is 5.69 Å². The van der Waals surface area contributed by atoms with E-state index in [1.165, 1.54) is 5.69 Å². The molecule has 1 aromatic heterocycles. The normalized spacial score (nSPS) is 11.2. The fourth-order valence-corrected chi connectivity index (χ4v) is 1.81. The Balaban J connectivity index is 2.49. The third kappa shape index (κ3) is 3.35. The molecule has 0 atom stereocenters. The number of rotatable bonds is 4. The summed E-state index contributed by atoms with van der Waals surface area (Å²) in [7, 11) is 0. The van der Waals surface area contributed by atoms with E-state index in [0.29, 0.717) is 11.8 Å². The topological polar surface area (TPSA) is 24.9 Å². The van der Waals surface area contributed by atoms with Crippen LogP contribution in [0, 0.1) is 5.92 Å². The van der Waals surface area contributed by atoms with Crippen LogP contribution >= 0.6 is 11.3 Å². The van der Waals surface area contributed by atoms with Gasteiger partial charge in [0.25, 0.3) is 0 Å². The number of aromatic nitrogens is 1. The van der Waals surface area contributed by atoms with Crippen LogP contribution in [-0.4, -0.2) is 11.5 Å². The van der Waals surface area contributed by atoms with Crippen molar-refractivity contribution < 1.29 is 0 Å². The summed E-state index contributed by atoms with van der Waals surface area (Å²) in [5.41, 5.74) is 1.19. The van der Waals surface area contributed by atoms with Crippen molar-refractivity contribution in [3.63, 3.8) is 0 Å². The number of hydrogen-bond acceptors (Lipinski definition) is 3. The SMILES string of the molecule is CC(C)CNc1nc(C(C)C)cs1. The quantitative estimate of drug-likeness (QED) is 0.802. The van der Waals surface area contributed by atoms with Crippen LogP contribution in [0.25, 0.3) is 0 Å². The van der Waals surface area contributed by atoms with Crippen LogP contribution in [0.1, 0.15) is 39.3 Å². The van der Waals surface area contributed by atoms with Crippen LogP contribution in [0.5, 0.6) is 0 Å². The monoisotopic (exact) mass is 198 g/mol. The second kappa shape index (κ2) is 4.61. The number of nitrogens with zero attached hydrogens (tertiary/aromatic N) is 1. The molecule has 2 nitrogen and oxygen atoms in total. The lowest BCUT2D eigenvalue weighted by atomic mass is 10.2. The van der Waals surface area contributed by atoms with E-state index in [1.54, 1.807) is 11.3 Å². The average Bonchev–Trinajstić information content (AvgIpc) is 2.48. The molecule has 1 heterocycles. The zero-order valence-electron chi connectivity index (χ0n) is 8.79. The number of anilines is 1. The molecule has 0 saturated carbocycles. The van der Waals surface area contributed by atoms with Crippen LogP contribution in [0.2, 0.25) is 0 Å². The van der Waals surface area contributed by atoms with Crippen molar-refractivity contribution in [2.45, 2.75) is 33.6 Å². The fourth-order valence-electron chi connectivity index (χ4n) is 0.924. The molecule has 3 heteroatoms. The summed E-state index contributed by atoms with van der Waals surface area (Å²) < 4.78 is 0. The Kier molecular flexibility index (Phi) is 3.72. The average molecular weight is 198 g/mol. The molecule has 74 valence electrons. The third-order valence-corrected chi connectivity index (χ3v) is 2.59. The Morgan fingerprint density at radius 1 is 1.38 bits per heavy atom. The van der Waals surface area contributed by atoms with Gasteiger partial charge in [-0.15, -0.1) is 11.3 Å². The molecule has 0 aliphatic carbocycles. The molecule has 1 aromatic rings. The molecule has 0 aliphatic heterocycles. The van der Waals surface area contributed by atoms with Gasteiger partial charge in [-0.1, -0.05) is 27.7 Å². The summed E-state index contributed by atoms with van der Waals surface area (Å²) in [6.45, 7) is 9.74. The number of nitrogens with one attached hydrogen (secondary N) is 1. The predicted molar refractivity (Wildman–Crippen MR) is 59.5 cm³/mol. The van der Waals surface area contributed by atoms with Gasteiger partial charge in [0.1, 0.15) is 0 Å². The van der Waals surface area contributed by atoms with Gasteiger partial charge in [-0.25, -0.2) is 4.98 Å². The predicted octanol–water partition coefficient (Wildman–Crippen LogP) is 3.33. The first-order valence-electron chi connectivity index (χ1n) is 4.79. The van der Waals surface area contributed by atoms with Crippen molar-refractivity contribution in [2.24, 2.45) is 5.92 Å². The Morgan fingerprint density at radius 2 is 2.08 bits per heavy atom. The minimum absolute atomic E-state index is 0.533. The van der Waals surface area contributed by atoms with Gasteiger partial charge in [-0.3, -0.25) is 0 Å². The lowest BCUT2D eigenvalue weighted by Crippen LogP contribution is -2.07. The Bertz CT molecular complexity index is 253. The molecule has 0 fully saturated rings. The van der Waals surface area contributed by atoms with Crippen LogP contribution in [-0.2, 0) is 0 Å². The summed E-state index contributed by atoms with van der Waals surface area (Å²) in [5.74, 6) is 1.21. The van der Waals surface area contributed by atoms with Gasteiger partial charge in [-0.2, -0.15) is 0 Å². The molecule has 13 heavy (non-hydrogen) atoms. The van der Waals surface area contributed by atoms with Gasteiger partial charge in [0.2, 0.25) is 0 Å². The molecular formula is C10H18N2S. The zero-order chi connectivity index (χ0) is 9.84. The molecule has 0 amide bonds. The second-order valence-electron chi connectivity index (χ2n) is 4.01. The maximum atomic E-state index is 4.49. The van der Waals surface area contributed by atoms with Gasteiger partial charge in [-0.05, 0) is 11.8 Å². The van der Waals surface area contributed by atoms with E-state index in [2.05, 4.69) is 43.4 Å². The standard InChI is InChI=1S/C10H18N2S/c1-7(2)5-11-10-12-9(6-13-10)8(3)4/h6-8H,5H2,1-4H3,(H,11,12). The summed E-state index contributed by atoms with van der Waals surface area (Å²) >= 11 is 1.70. The summed E-state index contributed by atoms with van der Waals surface area (Å²) in [6, 6.07) is 0. The highest BCUT2D eigenvalue weighted by atomic mass is 32.1. The van der Waals surface area contributed by atoms with Crippen molar-refractivity contribution in [1.82, 2.24) is 4.98 Å². The van der Waals surface area contributed by atoms with Gasteiger partial charge < -0.3 is 5.32 Å². The van der Waals surface area contributed by atoms with E-state index in [1.807, 2.05) is 0 Å². The lowest BCUT2D eigenvalue weighted by Gasteiger charge is -2.04. The van der Waals surface area contributed by atoms with E-state index < -0.39 is 0 Å². The van der Waals surface area contributed by atoms with Crippen molar-refractivity contribution in [3.8, 4) is 0 Å². The number of thiazole rings is 1. The minimum Gasteiger partial charge on any atom is -0.361 e. The Morgan fingerprint density at radius 3 is 2.54 bits per heavy atom. The summed E-state index contributed by atoms with van der Waals surface area (Å²) in [5, 5.41) is 6.51. The third-order valence-electron chi connectivity index (χ3n) is 1.78. The smallest absolute Gasteiger partial charge is 0.182 e.